The lowest BCUT2D eigenvalue weighted by atomic mass is 10.0. The fraction of sp³-hybridized carbons (Fsp3) is 0.353. The first-order valence-electron chi connectivity index (χ1n) is 8.05. The maximum Gasteiger partial charge on any atom is 0.253 e. The molecule has 1 atom stereocenters. The van der Waals surface area contributed by atoms with E-state index < -0.39 is 22.0 Å². The van der Waals surface area contributed by atoms with Gasteiger partial charge in [-0.05, 0) is 48.9 Å². The van der Waals surface area contributed by atoms with Gasteiger partial charge in [-0.3, -0.25) is 4.79 Å². The van der Waals surface area contributed by atoms with Crippen LogP contribution < -0.4 is 5.32 Å². The molecule has 1 aliphatic heterocycles. The molecule has 2 heterocycles. The summed E-state index contributed by atoms with van der Waals surface area (Å²) in [7, 11) is -3.69. The maximum atomic E-state index is 12.8. The average molecular weight is 380 g/mol. The second-order valence-corrected chi connectivity index (χ2v) is 9.13. The molecule has 0 radical (unpaired) electrons. The summed E-state index contributed by atoms with van der Waals surface area (Å²) in [5, 5.41) is 14.3. The highest BCUT2D eigenvalue weighted by atomic mass is 32.2. The number of aromatic hydroxyl groups is 1. The van der Waals surface area contributed by atoms with Crippen molar-refractivity contribution in [2.24, 2.45) is 0 Å². The van der Waals surface area contributed by atoms with Crippen LogP contribution in [0.5, 0.6) is 5.75 Å². The monoisotopic (exact) mass is 380 g/mol. The zero-order chi connectivity index (χ0) is 18.0. The van der Waals surface area contributed by atoms with Gasteiger partial charge in [0.2, 0.25) is 5.91 Å². The Morgan fingerprint density at radius 2 is 2.12 bits per heavy atom. The van der Waals surface area contributed by atoms with Crippen molar-refractivity contribution in [2.45, 2.75) is 36.4 Å². The summed E-state index contributed by atoms with van der Waals surface area (Å²) in [6.45, 7) is 2.17. The zero-order valence-corrected chi connectivity index (χ0v) is 15.4. The van der Waals surface area contributed by atoms with Gasteiger partial charge in [-0.1, -0.05) is 18.6 Å². The molecule has 8 heteroatoms. The van der Waals surface area contributed by atoms with E-state index in [-0.39, 0.29) is 9.96 Å². The van der Waals surface area contributed by atoms with Crippen molar-refractivity contribution >= 4 is 33.0 Å². The third kappa shape index (κ3) is 3.70. The van der Waals surface area contributed by atoms with Crippen molar-refractivity contribution in [3.63, 3.8) is 0 Å². The number of carbonyl (C=O) groups is 1. The minimum atomic E-state index is -3.69. The number of sulfonamides is 1. The number of hydrogen-bond donors (Lipinski definition) is 2. The fourth-order valence-corrected chi connectivity index (χ4v) is 5.72. The summed E-state index contributed by atoms with van der Waals surface area (Å²) in [5.41, 5.74) is 1.18. The van der Waals surface area contributed by atoms with Gasteiger partial charge in [0.1, 0.15) is 16.0 Å². The van der Waals surface area contributed by atoms with E-state index in [4.69, 9.17) is 0 Å². The van der Waals surface area contributed by atoms with E-state index in [9.17, 15) is 18.3 Å². The first kappa shape index (κ1) is 17.9. The highest BCUT2D eigenvalue weighted by Crippen LogP contribution is 2.30. The van der Waals surface area contributed by atoms with Gasteiger partial charge in [0.25, 0.3) is 10.0 Å². The van der Waals surface area contributed by atoms with E-state index >= 15 is 0 Å². The molecule has 6 nitrogen and oxygen atoms in total. The number of amides is 1. The van der Waals surface area contributed by atoms with Crippen LogP contribution in [-0.2, 0) is 14.8 Å². The summed E-state index contributed by atoms with van der Waals surface area (Å²) >= 11 is 1.14. The molecule has 1 amide bonds. The molecule has 2 N–H and O–H groups in total. The summed E-state index contributed by atoms with van der Waals surface area (Å²) in [6, 6.07) is 7.36. The number of benzene rings is 1. The second kappa shape index (κ2) is 7.15. The molecular formula is C17H20N2O4S2. The van der Waals surface area contributed by atoms with Crippen LogP contribution in [-0.4, -0.2) is 36.3 Å². The molecule has 0 spiro atoms. The molecule has 0 bridgehead atoms. The number of phenolic OH excluding ortho intramolecular Hbond substituents is 1. The SMILES string of the molecule is Cc1ccc(O)c(NC(=O)C2CCCCN2S(=O)(=O)c2cccs2)c1. The highest BCUT2D eigenvalue weighted by Gasteiger charge is 2.38. The molecule has 1 aromatic carbocycles. The topological polar surface area (TPSA) is 86.7 Å². The zero-order valence-electron chi connectivity index (χ0n) is 13.8. The van der Waals surface area contributed by atoms with Gasteiger partial charge < -0.3 is 10.4 Å². The maximum absolute atomic E-state index is 12.8. The Hall–Kier alpha value is -1.90. The van der Waals surface area contributed by atoms with E-state index in [1.54, 1.807) is 29.6 Å². The normalized spacial score (nSPS) is 18.8. The van der Waals surface area contributed by atoms with Crippen LogP contribution in [0.25, 0.3) is 0 Å². The molecule has 134 valence electrons. The molecule has 2 aromatic rings. The van der Waals surface area contributed by atoms with E-state index in [1.165, 1.54) is 10.4 Å². The van der Waals surface area contributed by atoms with E-state index in [0.717, 1.165) is 29.7 Å². The van der Waals surface area contributed by atoms with Gasteiger partial charge in [0.05, 0.1) is 5.69 Å². The standard InChI is InChI=1S/C17H20N2O4S2/c1-12-7-8-15(20)13(11-12)18-17(21)14-5-2-3-9-19(14)25(22,23)16-6-4-10-24-16/h4,6-8,10-11,14,20H,2-3,5,9H2,1H3,(H,18,21). The number of piperidine rings is 1. The van der Waals surface area contributed by atoms with Crippen LogP contribution in [0.3, 0.4) is 0 Å². The molecule has 0 saturated carbocycles. The van der Waals surface area contributed by atoms with Gasteiger partial charge in [0, 0.05) is 6.54 Å². The van der Waals surface area contributed by atoms with Crippen molar-refractivity contribution in [3.05, 3.63) is 41.3 Å². The minimum absolute atomic E-state index is 0.0394. The largest absolute Gasteiger partial charge is 0.506 e. The van der Waals surface area contributed by atoms with Gasteiger partial charge in [-0.15, -0.1) is 11.3 Å². The van der Waals surface area contributed by atoms with Crippen molar-refractivity contribution in [2.75, 3.05) is 11.9 Å². The van der Waals surface area contributed by atoms with Crippen LogP contribution in [0, 0.1) is 6.92 Å². The number of carbonyl (C=O) groups excluding carboxylic acids is 1. The molecule has 1 saturated heterocycles. The quantitative estimate of drug-likeness (QED) is 0.799. The molecule has 3 rings (SSSR count). The van der Waals surface area contributed by atoms with Gasteiger partial charge in [0.15, 0.2) is 0 Å². The number of rotatable bonds is 4. The Labute approximate surface area is 151 Å². The number of anilines is 1. The van der Waals surface area contributed by atoms with Crippen LogP contribution in [0.2, 0.25) is 0 Å². The molecular weight excluding hydrogens is 360 g/mol. The van der Waals surface area contributed by atoms with E-state index in [0.29, 0.717) is 18.7 Å². The van der Waals surface area contributed by atoms with Crippen LogP contribution in [0.4, 0.5) is 5.69 Å². The lowest BCUT2D eigenvalue weighted by Gasteiger charge is -2.33. The number of nitrogens with zero attached hydrogens (tertiary/aromatic N) is 1. The molecule has 1 aromatic heterocycles. The summed E-state index contributed by atoms with van der Waals surface area (Å²) < 4.78 is 27.2. The number of thiophene rings is 1. The Bertz CT molecular complexity index is 863. The summed E-state index contributed by atoms with van der Waals surface area (Å²) in [4.78, 5) is 12.7. The smallest absolute Gasteiger partial charge is 0.253 e. The number of aryl methyl sites for hydroxylation is 1. The summed E-state index contributed by atoms with van der Waals surface area (Å²) in [5.74, 6) is -0.455. The van der Waals surface area contributed by atoms with Crippen LogP contribution in [0.15, 0.2) is 39.9 Å². The first-order chi connectivity index (χ1) is 11.9. The average Bonchev–Trinajstić information content (AvgIpc) is 3.13. The van der Waals surface area contributed by atoms with Crippen molar-refractivity contribution < 1.29 is 18.3 Å². The first-order valence-corrected chi connectivity index (χ1v) is 10.4. The molecule has 25 heavy (non-hydrogen) atoms. The third-order valence-corrected chi connectivity index (χ3v) is 7.51. The van der Waals surface area contributed by atoms with E-state index in [2.05, 4.69) is 5.32 Å². The Morgan fingerprint density at radius 1 is 1.32 bits per heavy atom. The van der Waals surface area contributed by atoms with Gasteiger partial charge in [-0.2, -0.15) is 4.31 Å². The summed E-state index contributed by atoms with van der Waals surface area (Å²) in [6.07, 6.45) is 1.97. The van der Waals surface area contributed by atoms with Crippen molar-refractivity contribution in [3.8, 4) is 5.75 Å². The van der Waals surface area contributed by atoms with E-state index in [1.807, 2.05) is 6.92 Å². The molecule has 1 fully saturated rings. The van der Waals surface area contributed by atoms with Crippen LogP contribution in [0.1, 0.15) is 24.8 Å². The second-order valence-electron chi connectivity index (χ2n) is 6.07. The lowest BCUT2D eigenvalue weighted by Crippen LogP contribution is -2.49. The highest BCUT2D eigenvalue weighted by molar-refractivity contribution is 7.91. The predicted molar refractivity (Wildman–Crippen MR) is 97.3 cm³/mol. The van der Waals surface area contributed by atoms with Crippen molar-refractivity contribution in [1.29, 1.82) is 0 Å². The van der Waals surface area contributed by atoms with Crippen molar-refractivity contribution in [1.82, 2.24) is 4.31 Å². The number of nitrogens with one attached hydrogen (secondary N) is 1. The van der Waals surface area contributed by atoms with Crippen LogP contribution >= 0.6 is 11.3 Å². The molecule has 0 aliphatic carbocycles. The Balaban J connectivity index is 1.86. The third-order valence-electron chi connectivity index (χ3n) is 4.22. The minimum Gasteiger partial charge on any atom is -0.506 e. The fourth-order valence-electron chi connectivity index (χ4n) is 2.95. The molecule has 1 aliphatic rings. The number of hydrogen-bond acceptors (Lipinski definition) is 5. The van der Waals surface area contributed by atoms with Gasteiger partial charge in [-0.25, -0.2) is 8.42 Å². The Kier molecular flexibility index (Phi) is 5.12. The Morgan fingerprint density at radius 3 is 2.84 bits per heavy atom. The predicted octanol–water partition coefficient (Wildman–Crippen LogP) is 2.94. The van der Waals surface area contributed by atoms with Gasteiger partial charge >= 0.3 is 0 Å². The number of phenols is 1. The molecule has 1 unspecified atom stereocenters. The lowest BCUT2D eigenvalue weighted by molar-refractivity contribution is -0.120.